The van der Waals surface area contributed by atoms with Crippen molar-refractivity contribution in [2.75, 3.05) is 32.8 Å². The number of benzene rings is 1. The van der Waals surface area contributed by atoms with Crippen LogP contribution in [0.25, 0.3) is 0 Å². The van der Waals surface area contributed by atoms with Gasteiger partial charge in [0, 0.05) is 25.7 Å². The number of nitrogens with zero attached hydrogens (tertiary/aromatic N) is 1. The summed E-state index contributed by atoms with van der Waals surface area (Å²) in [5, 5.41) is 10.1. The highest BCUT2D eigenvalue weighted by Gasteiger charge is 2.20. The molecule has 0 bridgehead atoms. The van der Waals surface area contributed by atoms with Gasteiger partial charge in [-0.15, -0.1) is 24.8 Å². The lowest BCUT2D eigenvalue weighted by Gasteiger charge is -2.30. The fraction of sp³-hybridized carbons (Fsp3) is 0.538. The zero-order chi connectivity index (χ0) is 12.1. The number of hydrogen-bond donors (Lipinski definition) is 2. The van der Waals surface area contributed by atoms with E-state index in [1.54, 1.807) is 0 Å². The Bertz CT molecular complexity index is 335. The van der Waals surface area contributed by atoms with Gasteiger partial charge in [-0.2, -0.15) is 0 Å². The van der Waals surface area contributed by atoms with Crippen molar-refractivity contribution in [3.63, 3.8) is 0 Å². The lowest BCUT2D eigenvalue weighted by molar-refractivity contribution is 0.0249. The Labute approximate surface area is 126 Å². The Hall–Kier alpha value is -0.360. The molecule has 1 aromatic carbocycles. The normalized spacial score (nSPS) is 18.8. The van der Waals surface area contributed by atoms with E-state index in [4.69, 9.17) is 10.5 Å². The maximum Gasteiger partial charge on any atom is 0.0953 e. The molecule has 0 radical (unpaired) electrons. The highest BCUT2D eigenvalue weighted by molar-refractivity contribution is 5.85. The van der Waals surface area contributed by atoms with Crippen molar-refractivity contribution in [1.29, 1.82) is 0 Å². The lowest BCUT2D eigenvalue weighted by atomic mass is 10.0. The van der Waals surface area contributed by atoms with E-state index in [-0.39, 0.29) is 30.9 Å². The summed E-state index contributed by atoms with van der Waals surface area (Å²) >= 11 is 0. The van der Waals surface area contributed by atoms with Crippen molar-refractivity contribution in [3.05, 3.63) is 35.9 Å². The van der Waals surface area contributed by atoms with Crippen LogP contribution in [0.3, 0.4) is 0 Å². The average molecular weight is 309 g/mol. The Morgan fingerprint density at radius 2 is 1.74 bits per heavy atom. The van der Waals surface area contributed by atoms with Crippen molar-refractivity contribution < 1.29 is 9.84 Å². The summed E-state index contributed by atoms with van der Waals surface area (Å²) in [6.07, 6.45) is -0.598. The molecule has 1 saturated heterocycles. The molecule has 0 aromatic heterocycles. The quantitative estimate of drug-likeness (QED) is 0.878. The number of nitrogens with two attached hydrogens (primary N) is 1. The minimum Gasteiger partial charge on any atom is -0.387 e. The van der Waals surface area contributed by atoms with Gasteiger partial charge in [0.15, 0.2) is 0 Å². The molecule has 1 unspecified atom stereocenters. The van der Waals surface area contributed by atoms with Crippen LogP contribution in [0.5, 0.6) is 0 Å². The van der Waals surface area contributed by atoms with Gasteiger partial charge in [0.05, 0.1) is 19.3 Å². The van der Waals surface area contributed by atoms with Crippen LogP contribution in [0.2, 0.25) is 0 Å². The Kier molecular flexibility index (Phi) is 9.35. The maximum atomic E-state index is 10.1. The minimum absolute atomic E-state index is 0. The zero-order valence-corrected chi connectivity index (χ0v) is 12.4. The van der Waals surface area contributed by atoms with Crippen LogP contribution >= 0.6 is 24.8 Å². The number of halogens is 2. The SMILES string of the molecule is Cl.Cl.NC(CN1CCOCC1)[C@H](O)c1ccccc1. The van der Waals surface area contributed by atoms with E-state index in [0.29, 0.717) is 6.54 Å². The van der Waals surface area contributed by atoms with Gasteiger partial charge in [0.1, 0.15) is 0 Å². The number of morpholine rings is 1. The summed E-state index contributed by atoms with van der Waals surface area (Å²) in [6.45, 7) is 4.02. The molecule has 3 N–H and O–H groups in total. The van der Waals surface area contributed by atoms with E-state index >= 15 is 0 Å². The molecule has 1 aliphatic heterocycles. The molecule has 2 rings (SSSR count). The van der Waals surface area contributed by atoms with Gasteiger partial charge in [-0.05, 0) is 5.56 Å². The summed E-state index contributed by atoms with van der Waals surface area (Å²) in [6, 6.07) is 9.33. The maximum absolute atomic E-state index is 10.1. The molecule has 0 saturated carbocycles. The molecule has 2 atom stereocenters. The molecule has 6 heteroatoms. The third kappa shape index (κ3) is 5.65. The van der Waals surface area contributed by atoms with Crippen LogP contribution in [0.15, 0.2) is 30.3 Å². The second-order valence-electron chi connectivity index (χ2n) is 4.43. The molecule has 0 spiro atoms. The summed E-state index contributed by atoms with van der Waals surface area (Å²) in [5.41, 5.74) is 6.93. The molecular weight excluding hydrogens is 287 g/mol. The summed E-state index contributed by atoms with van der Waals surface area (Å²) < 4.78 is 5.28. The second-order valence-corrected chi connectivity index (χ2v) is 4.43. The van der Waals surface area contributed by atoms with Gasteiger partial charge in [-0.1, -0.05) is 30.3 Å². The molecule has 1 aromatic rings. The van der Waals surface area contributed by atoms with Crippen LogP contribution in [-0.4, -0.2) is 48.9 Å². The van der Waals surface area contributed by atoms with Crippen molar-refractivity contribution >= 4 is 24.8 Å². The second kappa shape index (κ2) is 9.53. The number of aliphatic hydroxyl groups excluding tert-OH is 1. The fourth-order valence-electron chi connectivity index (χ4n) is 2.08. The van der Waals surface area contributed by atoms with Gasteiger partial charge in [-0.25, -0.2) is 0 Å². The average Bonchev–Trinajstić information content (AvgIpc) is 2.40. The van der Waals surface area contributed by atoms with Crippen LogP contribution in [0.4, 0.5) is 0 Å². The Morgan fingerprint density at radius 3 is 2.32 bits per heavy atom. The zero-order valence-electron chi connectivity index (χ0n) is 10.8. The van der Waals surface area contributed by atoms with E-state index in [2.05, 4.69) is 4.90 Å². The Morgan fingerprint density at radius 1 is 1.16 bits per heavy atom. The summed E-state index contributed by atoms with van der Waals surface area (Å²) in [5.74, 6) is 0. The first-order valence-electron chi connectivity index (χ1n) is 6.06. The Balaban J connectivity index is 0.00000162. The molecule has 4 nitrogen and oxygen atoms in total. The molecule has 19 heavy (non-hydrogen) atoms. The fourth-order valence-corrected chi connectivity index (χ4v) is 2.08. The third-order valence-electron chi connectivity index (χ3n) is 3.12. The van der Waals surface area contributed by atoms with Gasteiger partial charge in [0.25, 0.3) is 0 Å². The first-order chi connectivity index (χ1) is 8.27. The smallest absolute Gasteiger partial charge is 0.0953 e. The minimum atomic E-state index is -0.598. The van der Waals surface area contributed by atoms with Gasteiger partial charge < -0.3 is 15.6 Å². The molecular formula is C13H22Cl2N2O2. The van der Waals surface area contributed by atoms with E-state index in [9.17, 15) is 5.11 Å². The monoisotopic (exact) mass is 308 g/mol. The number of rotatable bonds is 4. The van der Waals surface area contributed by atoms with Crippen LogP contribution in [0.1, 0.15) is 11.7 Å². The van der Waals surface area contributed by atoms with Crippen molar-refractivity contribution in [1.82, 2.24) is 4.90 Å². The highest BCUT2D eigenvalue weighted by Crippen LogP contribution is 2.16. The van der Waals surface area contributed by atoms with Gasteiger partial charge >= 0.3 is 0 Å². The van der Waals surface area contributed by atoms with Crippen LogP contribution < -0.4 is 5.73 Å². The molecule has 110 valence electrons. The molecule has 1 aliphatic rings. The molecule has 1 fully saturated rings. The third-order valence-corrected chi connectivity index (χ3v) is 3.12. The highest BCUT2D eigenvalue weighted by atomic mass is 35.5. The van der Waals surface area contributed by atoms with E-state index in [1.807, 2.05) is 30.3 Å². The molecule has 0 amide bonds. The number of ether oxygens (including phenoxy) is 1. The molecule has 1 heterocycles. The van der Waals surface area contributed by atoms with E-state index < -0.39 is 6.10 Å². The predicted molar refractivity (Wildman–Crippen MR) is 81.1 cm³/mol. The topological polar surface area (TPSA) is 58.7 Å². The largest absolute Gasteiger partial charge is 0.387 e. The van der Waals surface area contributed by atoms with Crippen molar-refractivity contribution in [2.24, 2.45) is 5.73 Å². The van der Waals surface area contributed by atoms with Gasteiger partial charge in [-0.3, -0.25) is 4.90 Å². The van der Waals surface area contributed by atoms with Crippen LogP contribution in [0, 0.1) is 0 Å². The summed E-state index contributed by atoms with van der Waals surface area (Å²) in [7, 11) is 0. The van der Waals surface area contributed by atoms with Crippen molar-refractivity contribution in [3.8, 4) is 0 Å². The first-order valence-corrected chi connectivity index (χ1v) is 6.06. The van der Waals surface area contributed by atoms with Gasteiger partial charge in [0.2, 0.25) is 0 Å². The number of aliphatic hydroxyl groups is 1. The van der Waals surface area contributed by atoms with Crippen molar-refractivity contribution in [2.45, 2.75) is 12.1 Å². The summed E-state index contributed by atoms with van der Waals surface area (Å²) in [4.78, 5) is 2.24. The van der Waals surface area contributed by atoms with E-state index in [1.165, 1.54) is 0 Å². The first kappa shape index (κ1) is 18.6. The van der Waals surface area contributed by atoms with Crippen LogP contribution in [-0.2, 0) is 4.74 Å². The lowest BCUT2D eigenvalue weighted by Crippen LogP contribution is -2.45. The predicted octanol–water partition coefficient (Wildman–Crippen LogP) is 1.22. The van der Waals surface area contributed by atoms with E-state index in [0.717, 1.165) is 31.9 Å². The standard InChI is InChI=1S/C13H20N2O2.2ClH/c14-12(10-15-6-8-17-9-7-15)13(16)11-4-2-1-3-5-11;;/h1-5,12-13,16H,6-10,14H2;2*1H/t12?,13-;;/m1../s1. The number of hydrogen-bond acceptors (Lipinski definition) is 4. The molecule has 0 aliphatic carbocycles.